The van der Waals surface area contributed by atoms with Gasteiger partial charge in [-0.3, -0.25) is 4.79 Å². The number of hydrogen-bond donors (Lipinski definition) is 2. The molecule has 1 heterocycles. The highest BCUT2D eigenvalue weighted by Gasteiger charge is 2.22. The van der Waals surface area contributed by atoms with Gasteiger partial charge in [0.05, 0.1) is 18.6 Å². The number of hydrogen-bond acceptors (Lipinski definition) is 6. The molecule has 0 fully saturated rings. The van der Waals surface area contributed by atoms with Crippen molar-refractivity contribution in [2.45, 2.75) is 10.9 Å². The number of carbonyl (C=O) groups is 1. The Hall–Kier alpha value is -3.21. The van der Waals surface area contributed by atoms with Crippen molar-refractivity contribution in [3.05, 3.63) is 77.9 Å². The summed E-state index contributed by atoms with van der Waals surface area (Å²) in [5.74, 6) is 1.00. The van der Waals surface area contributed by atoms with Gasteiger partial charge in [-0.15, -0.1) is 0 Å². The summed E-state index contributed by atoms with van der Waals surface area (Å²) in [5.41, 5.74) is 1.16. The van der Waals surface area contributed by atoms with Crippen LogP contribution < -0.4 is 14.8 Å². The molecule has 0 aliphatic heterocycles. The molecule has 0 spiro atoms. The first-order valence-corrected chi connectivity index (χ1v) is 11.3. The summed E-state index contributed by atoms with van der Waals surface area (Å²) in [7, 11) is 1.25. The first kappa shape index (κ1) is 23.5. The molecule has 2 aromatic carbocycles. The number of aromatic nitrogens is 2. The van der Waals surface area contributed by atoms with E-state index in [1.807, 2.05) is 35.9 Å². The van der Waals surface area contributed by atoms with E-state index >= 15 is 0 Å². The second-order valence-corrected chi connectivity index (χ2v) is 8.76. The molecule has 0 aliphatic rings. The molecule has 32 heavy (non-hydrogen) atoms. The summed E-state index contributed by atoms with van der Waals surface area (Å²) < 4.78 is 39.0. The van der Waals surface area contributed by atoms with Gasteiger partial charge in [0.25, 0.3) is 5.91 Å². The third kappa shape index (κ3) is 5.52. The Morgan fingerprint density at radius 1 is 1.09 bits per heavy atom. The number of carbonyl (C=O) groups excluding carboxylic acids is 1. The molecule has 0 aliphatic carbocycles. The molecule has 0 bridgehead atoms. The Morgan fingerprint density at radius 3 is 2.34 bits per heavy atom. The lowest BCUT2D eigenvalue weighted by atomic mass is 10.0. The SMILES string of the molecule is COCCNS(=O)(=O)c1ccc(C(=O)NC(c2ccc(OC)cc2)c2nccn2C)cc1. The number of sulfonamides is 1. The molecule has 3 rings (SSSR count). The van der Waals surface area contributed by atoms with Gasteiger partial charge in [0.2, 0.25) is 10.0 Å². The minimum Gasteiger partial charge on any atom is -0.497 e. The molecule has 10 heteroatoms. The Kier molecular flexibility index (Phi) is 7.62. The number of benzene rings is 2. The van der Waals surface area contributed by atoms with Crippen molar-refractivity contribution < 1.29 is 22.7 Å². The van der Waals surface area contributed by atoms with Crippen LogP contribution in [0.4, 0.5) is 0 Å². The number of imidazole rings is 1. The van der Waals surface area contributed by atoms with Gasteiger partial charge in [-0.2, -0.15) is 0 Å². The average Bonchev–Trinajstić information content (AvgIpc) is 3.23. The second kappa shape index (κ2) is 10.4. The van der Waals surface area contributed by atoms with Gasteiger partial charge in [-0.25, -0.2) is 18.1 Å². The van der Waals surface area contributed by atoms with E-state index in [-0.39, 0.29) is 24.0 Å². The van der Waals surface area contributed by atoms with E-state index < -0.39 is 16.1 Å². The Balaban J connectivity index is 1.81. The fraction of sp³-hybridized carbons (Fsp3) is 0.273. The normalized spacial score (nSPS) is 12.3. The molecule has 9 nitrogen and oxygen atoms in total. The largest absolute Gasteiger partial charge is 0.497 e. The lowest BCUT2D eigenvalue weighted by Crippen LogP contribution is -2.31. The zero-order valence-corrected chi connectivity index (χ0v) is 18.9. The van der Waals surface area contributed by atoms with E-state index in [9.17, 15) is 13.2 Å². The van der Waals surface area contributed by atoms with E-state index in [2.05, 4.69) is 15.0 Å². The maximum absolute atomic E-state index is 13.0. The lowest BCUT2D eigenvalue weighted by Gasteiger charge is -2.19. The second-order valence-electron chi connectivity index (χ2n) is 6.99. The van der Waals surface area contributed by atoms with Crippen molar-refractivity contribution in [3.63, 3.8) is 0 Å². The number of nitrogens with one attached hydrogen (secondary N) is 2. The van der Waals surface area contributed by atoms with Crippen molar-refractivity contribution >= 4 is 15.9 Å². The van der Waals surface area contributed by atoms with Crippen LogP contribution in [0, 0.1) is 0 Å². The van der Waals surface area contributed by atoms with Gasteiger partial charge in [0.15, 0.2) is 0 Å². The molecular formula is C22H26N4O5S. The molecular weight excluding hydrogens is 432 g/mol. The third-order valence-corrected chi connectivity index (χ3v) is 6.34. The topological polar surface area (TPSA) is 112 Å². The number of rotatable bonds is 10. The maximum Gasteiger partial charge on any atom is 0.252 e. The molecule has 170 valence electrons. The number of amides is 1. The standard InChI is InChI=1S/C22H26N4O5S/c1-26-14-12-23-21(26)20(16-4-8-18(31-3)9-5-16)25-22(27)17-6-10-19(11-7-17)32(28,29)24-13-15-30-2/h4-12,14,20,24H,13,15H2,1-3H3,(H,25,27). The monoisotopic (exact) mass is 458 g/mol. The predicted molar refractivity (Wildman–Crippen MR) is 119 cm³/mol. The van der Waals surface area contributed by atoms with Crippen LogP contribution >= 0.6 is 0 Å². The highest BCUT2D eigenvalue weighted by Crippen LogP contribution is 2.23. The summed E-state index contributed by atoms with van der Waals surface area (Å²) in [6.07, 6.45) is 3.46. The predicted octanol–water partition coefficient (Wildman–Crippen LogP) is 1.87. The summed E-state index contributed by atoms with van der Waals surface area (Å²) in [6, 6.07) is 12.6. The number of ether oxygens (including phenoxy) is 2. The van der Waals surface area contributed by atoms with E-state index in [1.165, 1.54) is 31.4 Å². The quantitative estimate of drug-likeness (QED) is 0.449. The number of nitrogens with zero attached hydrogens (tertiary/aromatic N) is 2. The van der Waals surface area contributed by atoms with Crippen LogP contribution in [-0.2, 0) is 21.8 Å². The third-order valence-electron chi connectivity index (χ3n) is 4.87. The van der Waals surface area contributed by atoms with Gasteiger partial charge in [-0.05, 0) is 42.0 Å². The number of aryl methyl sites for hydroxylation is 1. The van der Waals surface area contributed by atoms with Gasteiger partial charge >= 0.3 is 0 Å². The molecule has 0 saturated carbocycles. The minimum atomic E-state index is -3.68. The number of methoxy groups -OCH3 is 2. The van der Waals surface area contributed by atoms with Gasteiger partial charge in [0.1, 0.15) is 17.6 Å². The molecule has 0 radical (unpaired) electrons. The summed E-state index contributed by atoms with van der Waals surface area (Å²) in [4.78, 5) is 17.4. The van der Waals surface area contributed by atoms with E-state index in [4.69, 9.17) is 9.47 Å². The zero-order chi connectivity index (χ0) is 23.1. The Labute approximate surface area is 187 Å². The smallest absolute Gasteiger partial charge is 0.252 e. The maximum atomic E-state index is 13.0. The molecule has 1 atom stereocenters. The highest BCUT2D eigenvalue weighted by atomic mass is 32.2. The van der Waals surface area contributed by atoms with Gasteiger partial charge in [-0.1, -0.05) is 12.1 Å². The lowest BCUT2D eigenvalue weighted by molar-refractivity contribution is 0.0941. The molecule has 3 aromatic rings. The van der Waals surface area contributed by atoms with E-state index in [0.717, 1.165) is 5.56 Å². The Bertz CT molecular complexity index is 1140. The fourth-order valence-corrected chi connectivity index (χ4v) is 4.12. The summed E-state index contributed by atoms with van der Waals surface area (Å²) in [5, 5.41) is 2.99. The molecule has 1 unspecified atom stereocenters. The van der Waals surface area contributed by atoms with Crippen LogP contribution in [0.3, 0.4) is 0 Å². The fourth-order valence-electron chi connectivity index (χ4n) is 3.11. The van der Waals surface area contributed by atoms with Crippen molar-refractivity contribution in [3.8, 4) is 5.75 Å². The van der Waals surface area contributed by atoms with Crippen molar-refractivity contribution in [2.75, 3.05) is 27.4 Å². The highest BCUT2D eigenvalue weighted by molar-refractivity contribution is 7.89. The first-order chi connectivity index (χ1) is 15.4. The Morgan fingerprint density at radius 2 is 1.78 bits per heavy atom. The molecule has 1 aromatic heterocycles. The summed E-state index contributed by atoms with van der Waals surface area (Å²) >= 11 is 0. The van der Waals surface area contributed by atoms with Crippen LogP contribution in [0.5, 0.6) is 5.75 Å². The van der Waals surface area contributed by atoms with Crippen LogP contribution in [0.15, 0.2) is 65.8 Å². The summed E-state index contributed by atoms with van der Waals surface area (Å²) in [6.45, 7) is 0.425. The van der Waals surface area contributed by atoms with Crippen LogP contribution in [-0.4, -0.2) is 51.2 Å². The minimum absolute atomic E-state index is 0.0703. The molecule has 0 saturated heterocycles. The van der Waals surface area contributed by atoms with Crippen LogP contribution in [0.25, 0.3) is 0 Å². The van der Waals surface area contributed by atoms with E-state index in [0.29, 0.717) is 17.1 Å². The van der Waals surface area contributed by atoms with Gasteiger partial charge < -0.3 is 19.4 Å². The van der Waals surface area contributed by atoms with E-state index in [1.54, 1.807) is 19.5 Å². The zero-order valence-electron chi connectivity index (χ0n) is 18.1. The van der Waals surface area contributed by atoms with Crippen molar-refractivity contribution in [1.82, 2.24) is 19.6 Å². The molecule has 2 N–H and O–H groups in total. The average molecular weight is 459 g/mol. The molecule has 1 amide bonds. The van der Waals surface area contributed by atoms with Crippen LogP contribution in [0.2, 0.25) is 0 Å². The van der Waals surface area contributed by atoms with Crippen LogP contribution in [0.1, 0.15) is 27.8 Å². The van der Waals surface area contributed by atoms with Crippen molar-refractivity contribution in [1.29, 1.82) is 0 Å². The first-order valence-electron chi connectivity index (χ1n) is 9.86. The van der Waals surface area contributed by atoms with Crippen molar-refractivity contribution in [2.24, 2.45) is 7.05 Å². The van der Waals surface area contributed by atoms with Gasteiger partial charge in [0, 0.05) is 38.7 Å².